The van der Waals surface area contributed by atoms with Crippen LogP contribution in [-0.2, 0) is 9.53 Å². The van der Waals surface area contributed by atoms with Crippen LogP contribution in [0, 0.1) is 0 Å². The van der Waals surface area contributed by atoms with Crippen molar-refractivity contribution in [1.29, 1.82) is 0 Å². The van der Waals surface area contributed by atoms with Crippen LogP contribution < -0.4 is 25.1 Å². The van der Waals surface area contributed by atoms with Crippen LogP contribution in [0.2, 0.25) is 0 Å². The van der Waals surface area contributed by atoms with E-state index in [2.05, 4.69) is 10.9 Å². The molecule has 0 aromatic heterocycles. The van der Waals surface area contributed by atoms with E-state index in [1.54, 1.807) is 62.8 Å². The summed E-state index contributed by atoms with van der Waals surface area (Å²) in [7, 11) is 3.15. The minimum Gasteiger partial charge on any atom is -0.497 e. The number of hydrazine groups is 1. The summed E-state index contributed by atoms with van der Waals surface area (Å²) < 4.78 is 20.7. The van der Waals surface area contributed by atoms with Crippen LogP contribution >= 0.6 is 0 Å². The quantitative estimate of drug-likeness (QED) is 0.511. The Bertz CT molecular complexity index is 731. The van der Waals surface area contributed by atoms with E-state index in [4.69, 9.17) is 18.9 Å². The molecule has 0 bridgehead atoms. The van der Waals surface area contributed by atoms with Crippen molar-refractivity contribution in [2.75, 3.05) is 34.0 Å². The Morgan fingerprint density at radius 3 is 2.00 bits per heavy atom. The average molecular weight is 374 g/mol. The summed E-state index contributed by atoms with van der Waals surface area (Å²) >= 11 is 0. The van der Waals surface area contributed by atoms with Gasteiger partial charge in [0.1, 0.15) is 23.9 Å². The molecule has 2 N–H and O–H groups in total. The molecular weight excluding hydrogens is 352 g/mol. The molecule has 0 heterocycles. The third-order valence-corrected chi connectivity index (χ3v) is 3.42. The summed E-state index contributed by atoms with van der Waals surface area (Å²) in [5.41, 5.74) is 5.00. The van der Waals surface area contributed by atoms with Gasteiger partial charge in [-0.15, -0.1) is 0 Å². The first-order chi connectivity index (χ1) is 13.1. The normalized spacial score (nSPS) is 10.0. The van der Waals surface area contributed by atoms with Gasteiger partial charge in [-0.2, -0.15) is 0 Å². The second-order valence-electron chi connectivity index (χ2n) is 5.33. The van der Waals surface area contributed by atoms with Gasteiger partial charge in [0.15, 0.2) is 6.61 Å². The van der Waals surface area contributed by atoms with Crippen molar-refractivity contribution in [3.63, 3.8) is 0 Å². The topological polar surface area (TPSA) is 95.1 Å². The number of methoxy groups -OCH3 is 2. The lowest BCUT2D eigenvalue weighted by Gasteiger charge is -2.10. The van der Waals surface area contributed by atoms with E-state index in [0.717, 1.165) is 0 Å². The predicted molar refractivity (Wildman–Crippen MR) is 97.9 cm³/mol. The van der Waals surface area contributed by atoms with Gasteiger partial charge in [-0.1, -0.05) is 0 Å². The van der Waals surface area contributed by atoms with Crippen LogP contribution in [-0.4, -0.2) is 45.9 Å². The van der Waals surface area contributed by atoms with E-state index < -0.39 is 11.8 Å². The maximum absolute atomic E-state index is 12.0. The summed E-state index contributed by atoms with van der Waals surface area (Å²) in [6, 6.07) is 13.3. The summed E-state index contributed by atoms with van der Waals surface area (Å²) in [6.45, 7) is 0.665. The Labute approximate surface area is 157 Å². The number of ether oxygens (including phenoxy) is 4. The molecule has 2 aromatic rings. The fraction of sp³-hybridized carbons (Fsp3) is 0.263. The maximum atomic E-state index is 12.0. The van der Waals surface area contributed by atoms with Crippen molar-refractivity contribution < 1.29 is 28.5 Å². The van der Waals surface area contributed by atoms with Crippen molar-refractivity contribution in [1.82, 2.24) is 10.9 Å². The Morgan fingerprint density at radius 2 is 1.37 bits per heavy atom. The van der Waals surface area contributed by atoms with Crippen molar-refractivity contribution >= 4 is 11.8 Å². The highest BCUT2D eigenvalue weighted by molar-refractivity contribution is 5.95. The Kier molecular flexibility index (Phi) is 7.92. The van der Waals surface area contributed by atoms with Gasteiger partial charge in [-0.3, -0.25) is 20.4 Å². The molecule has 2 rings (SSSR count). The lowest BCUT2D eigenvalue weighted by Crippen LogP contribution is -2.43. The summed E-state index contributed by atoms with van der Waals surface area (Å²) in [4.78, 5) is 23.8. The van der Waals surface area contributed by atoms with Gasteiger partial charge in [0, 0.05) is 12.7 Å². The molecule has 2 aromatic carbocycles. The zero-order valence-electron chi connectivity index (χ0n) is 15.2. The van der Waals surface area contributed by atoms with Crippen LogP contribution in [0.3, 0.4) is 0 Å². The molecule has 0 aliphatic carbocycles. The smallest absolute Gasteiger partial charge is 0.276 e. The molecule has 8 nitrogen and oxygen atoms in total. The van der Waals surface area contributed by atoms with E-state index >= 15 is 0 Å². The van der Waals surface area contributed by atoms with Gasteiger partial charge >= 0.3 is 0 Å². The van der Waals surface area contributed by atoms with E-state index in [-0.39, 0.29) is 6.61 Å². The lowest BCUT2D eigenvalue weighted by atomic mass is 10.2. The van der Waals surface area contributed by atoms with E-state index in [1.807, 2.05) is 0 Å². The number of nitrogens with one attached hydrogen (secondary N) is 2. The molecule has 0 aliphatic rings. The third-order valence-electron chi connectivity index (χ3n) is 3.42. The van der Waals surface area contributed by atoms with Gasteiger partial charge in [0.05, 0.1) is 13.7 Å². The van der Waals surface area contributed by atoms with E-state index in [0.29, 0.717) is 36.0 Å². The molecule has 0 aliphatic heterocycles. The van der Waals surface area contributed by atoms with Crippen molar-refractivity contribution in [2.24, 2.45) is 0 Å². The zero-order chi connectivity index (χ0) is 19.5. The molecule has 0 unspecified atom stereocenters. The third kappa shape index (κ3) is 6.87. The van der Waals surface area contributed by atoms with Gasteiger partial charge < -0.3 is 18.9 Å². The number of hydrogen-bond donors (Lipinski definition) is 2. The largest absolute Gasteiger partial charge is 0.497 e. The van der Waals surface area contributed by atoms with Crippen LogP contribution in [0.25, 0.3) is 0 Å². The second kappa shape index (κ2) is 10.7. The number of hydrogen-bond acceptors (Lipinski definition) is 6. The second-order valence-corrected chi connectivity index (χ2v) is 5.33. The SMILES string of the molecule is COCCOc1ccc(C(=O)NNC(=O)COc2ccc(OC)cc2)cc1. The molecule has 0 saturated heterocycles. The highest BCUT2D eigenvalue weighted by Gasteiger charge is 2.08. The number of benzene rings is 2. The molecule has 2 amide bonds. The molecular formula is C19H22N2O6. The van der Waals surface area contributed by atoms with E-state index in [1.165, 1.54) is 0 Å². The fourth-order valence-electron chi connectivity index (χ4n) is 2.00. The first-order valence-electron chi connectivity index (χ1n) is 8.20. The molecule has 144 valence electrons. The van der Waals surface area contributed by atoms with Crippen LogP contribution in [0.4, 0.5) is 0 Å². The molecule has 0 saturated carbocycles. The monoisotopic (exact) mass is 374 g/mol. The molecule has 8 heteroatoms. The molecule has 27 heavy (non-hydrogen) atoms. The van der Waals surface area contributed by atoms with Gasteiger partial charge in [-0.05, 0) is 48.5 Å². The minimum absolute atomic E-state index is 0.237. The first kappa shape index (κ1) is 20.1. The van der Waals surface area contributed by atoms with Gasteiger partial charge in [0.2, 0.25) is 0 Å². The summed E-state index contributed by atoms with van der Waals surface area (Å²) in [6.07, 6.45) is 0. The van der Waals surface area contributed by atoms with Gasteiger partial charge in [-0.25, -0.2) is 0 Å². The average Bonchev–Trinajstić information content (AvgIpc) is 2.71. The zero-order valence-corrected chi connectivity index (χ0v) is 15.2. The number of rotatable bonds is 9. The fourth-order valence-corrected chi connectivity index (χ4v) is 2.00. The number of carbonyl (C=O) groups excluding carboxylic acids is 2. The summed E-state index contributed by atoms with van der Waals surface area (Å²) in [5, 5.41) is 0. The van der Waals surface area contributed by atoms with Crippen LogP contribution in [0.15, 0.2) is 48.5 Å². The summed E-state index contributed by atoms with van der Waals surface area (Å²) in [5.74, 6) is 0.894. The van der Waals surface area contributed by atoms with Crippen molar-refractivity contribution in [3.05, 3.63) is 54.1 Å². The lowest BCUT2D eigenvalue weighted by molar-refractivity contribution is -0.123. The first-order valence-corrected chi connectivity index (χ1v) is 8.20. The number of carbonyl (C=O) groups is 2. The minimum atomic E-state index is -0.487. The van der Waals surface area contributed by atoms with Crippen molar-refractivity contribution in [3.8, 4) is 17.2 Å². The Hall–Kier alpha value is -3.26. The molecule has 0 fully saturated rings. The highest BCUT2D eigenvalue weighted by atomic mass is 16.5. The standard InChI is InChI=1S/C19H22N2O6/c1-24-11-12-26-16-5-3-14(4-6-16)19(23)21-20-18(22)13-27-17-9-7-15(25-2)8-10-17/h3-10H,11-13H2,1-2H3,(H,20,22)(H,21,23). The van der Waals surface area contributed by atoms with Gasteiger partial charge in [0.25, 0.3) is 11.8 Å². The Morgan fingerprint density at radius 1 is 0.778 bits per heavy atom. The Balaban J connectivity index is 1.72. The predicted octanol–water partition coefficient (Wildman–Crippen LogP) is 1.56. The van der Waals surface area contributed by atoms with Crippen LogP contribution in [0.1, 0.15) is 10.4 Å². The molecule has 0 radical (unpaired) electrons. The van der Waals surface area contributed by atoms with E-state index in [9.17, 15) is 9.59 Å². The highest BCUT2D eigenvalue weighted by Crippen LogP contribution is 2.16. The van der Waals surface area contributed by atoms with Crippen molar-refractivity contribution in [2.45, 2.75) is 0 Å². The number of amides is 2. The molecule has 0 atom stereocenters. The van der Waals surface area contributed by atoms with Crippen LogP contribution in [0.5, 0.6) is 17.2 Å². The maximum Gasteiger partial charge on any atom is 0.276 e. The molecule has 0 spiro atoms.